The molecular weight excluding hydrogens is 314 g/mol. The quantitative estimate of drug-likeness (QED) is 0.500. The topological polar surface area (TPSA) is 89.7 Å². The van der Waals surface area contributed by atoms with Gasteiger partial charge in [0.2, 0.25) is 0 Å². The molecule has 0 spiro atoms. The second-order valence-corrected chi connectivity index (χ2v) is 5.50. The largest absolute Gasteiger partial charge is 0.297 e. The fourth-order valence-corrected chi connectivity index (χ4v) is 2.60. The van der Waals surface area contributed by atoms with Crippen molar-refractivity contribution in [3.63, 3.8) is 0 Å². The van der Waals surface area contributed by atoms with Crippen LogP contribution >= 0.6 is 0 Å². The smallest absolute Gasteiger partial charge is 0.273 e. The number of aromatic amines is 3. The zero-order valence-corrected chi connectivity index (χ0v) is 13.2. The summed E-state index contributed by atoms with van der Waals surface area (Å²) in [5.74, 6) is 0.512. The number of hydrogen-bond donors (Lipinski definition) is 3. The maximum atomic E-state index is 12.1. The van der Waals surface area contributed by atoms with Crippen molar-refractivity contribution in [3.8, 4) is 22.5 Å². The third-order valence-corrected chi connectivity index (χ3v) is 3.85. The van der Waals surface area contributed by atoms with Crippen molar-refractivity contribution >= 4 is 12.0 Å². The highest BCUT2D eigenvalue weighted by Crippen LogP contribution is 2.21. The van der Waals surface area contributed by atoms with Crippen molar-refractivity contribution in [2.24, 2.45) is 4.99 Å². The van der Waals surface area contributed by atoms with E-state index in [1.807, 2.05) is 66.7 Å². The van der Waals surface area contributed by atoms with Gasteiger partial charge in [-0.25, -0.2) is 4.99 Å². The van der Waals surface area contributed by atoms with Crippen LogP contribution in [0.5, 0.6) is 0 Å². The van der Waals surface area contributed by atoms with E-state index in [2.05, 4.69) is 25.4 Å². The first-order chi connectivity index (χ1) is 12.3. The Bertz CT molecular complexity index is 1060. The van der Waals surface area contributed by atoms with Crippen LogP contribution in [0.15, 0.2) is 76.5 Å². The van der Waals surface area contributed by atoms with Crippen LogP contribution in [0, 0.1) is 0 Å². The normalized spacial score (nSPS) is 11.2. The predicted octanol–water partition coefficient (Wildman–Crippen LogP) is 3.51. The summed E-state index contributed by atoms with van der Waals surface area (Å²) in [7, 11) is 0. The van der Waals surface area contributed by atoms with Crippen molar-refractivity contribution in [1.29, 1.82) is 0 Å². The molecule has 0 bridgehead atoms. The van der Waals surface area contributed by atoms with Crippen LogP contribution in [-0.4, -0.2) is 26.6 Å². The molecule has 3 N–H and O–H groups in total. The Kier molecular flexibility index (Phi) is 3.84. The van der Waals surface area contributed by atoms with Crippen LogP contribution in [0.3, 0.4) is 0 Å². The van der Waals surface area contributed by atoms with Gasteiger partial charge < -0.3 is 0 Å². The highest BCUT2D eigenvalue weighted by atomic mass is 16.1. The molecule has 6 nitrogen and oxygen atoms in total. The minimum Gasteiger partial charge on any atom is -0.297 e. The molecule has 6 heteroatoms. The molecule has 2 heterocycles. The summed E-state index contributed by atoms with van der Waals surface area (Å²) in [6.07, 6.45) is 1.53. The molecule has 0 aliphatic heterocycles. The SMILES string of the molecule is O=c1[nH][nH]c(-c2ccccc2)c1C=Nc1cc(-c2ccccc2)[nH]n1. The van der Waals surface area contributed by atoms with Crippen molar-refractivity contribution in [3.05, 3.63) is 82.6 Å². The first-order valence-electron chi connectivity index (χ1n) is 7.82. The van der Waals surface area contributed by atoms with Crippen molar-refractivity contribution < 1.29 is 0 Å². The summed E-state index contributed by atoms with van der Waals surface area (Å²) < 4.78 is 0. The van der Waals surface area contributed by atoms with Gasteiger partial charge in [-0.15, -0.1) is 0 Å². The fourth-order valence-electron chi connectivity index (χ4n) is 2.60. The van der Waals surface area contributed by atoms with Crippen LogP contribution < -0.4 is 5.56 Å². The molecule has 122 valence electrons. The molecule has 2 aromatic carbocycles. The van der Waals surface area contributed by atoms with Crippen LogP contribution in [0.4, 0.5) is 5.82 Å². The lowest BCUT2D eigenvalue weighted by molar-refractivity contribution is 1.06. The van der Waals surface area contributed by atoms with Gasteiger partial charge in [0, 0.05) is 17.8 Å². The van der Waals surface area contributed by atoms with E-state index in [1.54, 1.807) is 0 Å². The van der Waals surface area contributed by atoms with Crippen molar-refractivity contribution in [2.75, 3.05) is 0 Å². The number of aromatic nitrogens is 4. The Hall–Kier alpha value is -3.67. The summed E-state index contributed by atoms with van der Waals surface area (Å²) >= 11 is 0. The average molecular weight is 329 g/mol. The summed E-state index contributed by atoms with van der Waals surface area (Å²) in [6, 6.07) is 21.3. The Morgan fingerprint density at radius 1 is 0.880 bits per heavy atom. The van der Waals surface area contributed by atoms with E-state index in [9.17, 15) is 4.79 Å². The standard InChI is InChI=1S/C19H15N5O/c25-19-15(18(23-24-19)14-9-5-2-6-10-14)12-20-17-11-16(21-22-17)13-7-3-1-4-8-13/h1-12H,(H,21,22)(H2,23,24,25). The van der Waals surface area contributed by atoms with Crippen molar-refractivity contribution in [1.82, 2.24) is 20.4 Å². The van der Waals surface area contributed by atoms with E-state index in [4.69, 9.17) is 0 Å². The monoisotopic (exact) mass is 329 g/mol. The first kappa shape index (κ1) is 14.9. The lowest BCUT2D eigenvalue weighted by atomic mass is 10.1. The van der Waals surface area contributed by atoms with Gasteiger partial charge in [0.15, 0.2) is 5.82 Å². The number of nitrogens with zero attached hydrogens (tertiary/aromatic N) is 2. The Balaban J connectivity index is 1.65. The maximum absolute atomic E-state index is 12.1. The van der Waals surface area contributed by atoms with E-state index in [-0.39, 0.29) is 5.56 Å². The third kappa shape index (κ3) is 3.05. The molecule has 0 saturated heterocycles. The number of nitrogens with one attached hydrogen (secondary N) is 3. The fraction of sp³-hybridized carbons (Fsp3) is 0. The molecular formula is C19H15N5O. The molecule has 0 amide bonds. The van der Waals surface area contributed by atoms with E-state index in [0.29, 0.717) is 17.1 Å². The zero-order valence-electron chi connectivity index (χ0n) is 13.2. The zero-order chi connectivity index (χ0) is 17.1. The van der Waals surface area contributed by atoms with Crippen LogP contribution in [0.1, 0.15) is 5.56 Å². The van der Waals surface area contributed by atoms with Crippen LogP contribution in [0.2, 0.25) is 0 Å². The second kappa shape index (κ2) is 6.45. The number of benzene rings is 2. The molecule has 0 atom stereocenters. The minimum atomic E-state index is -0.221. The first-order valence-corrected chi connectivity index (χ1v) is 7.82. The lowest BCUT2D eigenvalue weighted by Crippen LogP contribution is -2.05. The summed E-state index contributed by atoms with van der Waals surface area (Å²) in [4.78, 5) is 16.4. The number of H-pyrrole nitrogens is 3. The molecule has 25 heavy (non-hydrogen) atoms. The van der Waals surface area contributed by atoms with Gasteiger partial charge in [-0.3, -0.25) is 20.1 Å². The van der Waals surface area contributed by atoms with Crippen LogP contribution in [0.25, 0.3) is 22.5 Å². The van der Waals surface area contributed by atoms with Gasteiger partial charge in [-0.2, -0.15) is 5.10 Å². The molecule has 4 rings (SSSR count). The number of aliphatic imine (C=N–C) groups is 1. The Morgan fingerprint density at radius 3 is 2.28 bits per heavy atom. The van der Waals surface area contributed by atoms with Crippen LogP contribution in [-0.2, 0) is 0 Å². The maximum Gasteiger partial charge on any atom is 0.273 e. The highest BCUT2D eigenvalue weighted by molar-refractivity contribution is 5.89. The molecule has 2 aromatic heterocycles. The average Bonchev–Trinajstić information content (AvgIpc) is 3.28. The molecule has 0 fully saturated rings. The Morgan fingerprint density at radius 2 is 1.56 bits per heavy atom. The van der Waals surface area contributed by atoms with Gasteiger partial charge in [-0.05, 0) is 5.56 Å². The Labute approximate surface area is 143 Å². The summed E-state index contributed by atoms with van der Waals surface area (Å²) in [6.45, 7) is 0. The summed E-state index contributed by atoms with van der Waals surface area (Å²) in [5, 5.41) is 12.6. The minimum absolute atomic E-state index is 0.221. The van der Waals surface area contributed by atoms with Crippen molar-refractivity contribution in [2.45, 2.75) is 0 Å². The van der Waals surface area contributed by atoms with Gasteiger partial charge in [0.1, 0.15) is 0 Å². The van der Waals surface area contributed by atoms with E-state index < -0.39 is 0 Å². The third-order valence-electron chi connectivity index (χ3n) is 3.85. The summed E-state index contributed by atoms with van der Waals surface area (Å²) in [5.41, 5.74) is 3.76. The van der Waals surface area contributed by atoms with Gasteiger partial charge in [-0.1, -0.05) is 60.7 Å². The van der Waals surface area contributed by atoms with Gasteiger partial charge >= 0.3 is 0 Å². The van der Waals surface area contributed by atoms with Gasteiger partial charge in [0.25, 0.3) is 5.56 Å². The molecule has 4 aromatic rings. The lowest BCUT2D eigenvalue weighted by Gasteiger charge is -1.97. The predicted molar refractivity (Wildman–Crippen MR) is 98.1 cm³/mol. The molecule has 0 radical (unpaired) electrons. The highest BCUT2D eigenvalue weighted by Gasteiger charge is 2.10. The van der Waals surface area contributed by atoms with Gasteiger partial charge in [0.05, 0.1) is 17.0 Å². The number of hydrogen-bond acceptors (Lipinski definition) is 3. The molecule has 0 aliphatic carbocycles. The molecule has 0 saturated carbocycles. The second-order valence-electron chi connectivity index (χ2n) is 5.50. The number of rotatable bonds is 4. The van der Waals surface area contributed by atoms with E-state index in [0.717, 1.165) is 16.8 Å². The molecule has 0 unspecified atom stereocenters. The van der Waals surface area contributed by atoms with E-state index >= 15 is 0 Å². The van der Waals surface area contributed by atoms with E-state index in [1.165, 1.54) is 6.21 Å². The molecule has 0 aliphatic rings.